The fourth-order valence-corrected chi connectivity index (χ4v) is 2.21. The predicted molar refractivity (Wildman–Crippen MR) is 83.4 cm³/mol. The molecule has 1 aromatic carbocycles. The Bertz CT molecular complexity index is 734. The number of hydrogen-bond donors (Lipinski definition) is 1. The number of aryl methyl sites for hydroxylation is 1. The molecular weight excluding hydrogens is 355 g/mol. The van der Waals surface area contributed by atoms with Gasteiger partial charge in [-0.05, 0) is 24.1 Å². The van der Waals surface area contributed by atoms with Crippen molar-refractivity contribution in [2.75, 3.05) is 6.61 Å². The highest BCUT2D eigenvalue weighted by Gasteiger charge is 2.26. The van der Waals surface area contributed by atoms with Crippen molar-refractivity contribution >= 4 is 6.09 Å². The molecular formula is C16H18F3N3O4. The number of hydrogen-bond acceptors (Lipinski definition) is 6. The van der Waals surface area contributed by atoms with Gasteiger partial charge in [-0.1, -0.05) is 12.1 Å². The molecule has 0 aliphatic heterocycles. The molecule has 0 spiro atoms. The van der Waals surface area contributed by atoms with Gasteiger partial charge in [-0.15, -0.1) is 10.2 Å². The van der Waals surface area contributed by atoms with Gasteiger partial charge in [-0.3, -0.25) is 0 Å². The maximum absolute atomic E-state index is 12.1. The molecule has 1 amide bonds. The van der Waals surface area contributed by atoms with Crippen molar-refractivity contribution in [3.63, 3.8) is 0 Å². The van der Waals surface area contributed by atoms with E-state index >= 15 is 0 Å². The van der Waals surface area contributed by atoms with Crippen LogP contribution in [0.15, 0.2) is 28.7 Å². The highest BCUT2D eigenvalue weighted by molar-refractivity contribution is 5.65. The van der Waals surface area contributed by atoms with Crippen molar-refractivity contribution in [1.82, 2.24) is 10.2 Å². The van der Waals surface area contributed by atoms with Crippen LogP contribution in [0.25, 0.3) is 0 Å². The monoisotopic (exact) mass is 373 g/mol. The normalized spacial score (nSPS) is 12.6. The van der Waals surface area contributed by atoms with E-state index in [4.69, 9.17) is 19.6 Å². The minimum Gasteiger partial charge on any atom is -0.494 e. The maximum atomic E-state index is 12.1. The average Bonchev–Trinajstić information content (AvgIpc) is 2.95. The molecule has 26 heavy (non-hydrogen) atoms. The summed E-state index contributed by atoms with van der Waals surface area (Å²) in [6, 6.07) is 6.45. The van der Waals surface area contributed by atoms with E-state index in [2.05, 4.69) is 10.2 Å². The van der Waals surface area contributed by atoms with E-state index in [9.17, 15) is 18.0 Å². The lowest BCUT2D eigenvalue weighted by molar-refractivity contribution is -0.136. The third kappa shape index (κ3) is 6.61. The second-order valence-corrected chi connectivity index (χ2v) is 5.48. The fourth-order valence-electron chi connectivity index (χ4n) is 2.21. The summed E-state index contributed by atoms with van der Waals surface area (Å²) in [7, 11) is 0. The number of nitrogens with two attached hydrogens (primary N) is 1. The zero-order chi connectivity index (χ0) is 19.2. The Balaban J connectivity index is 2.04. The molecule has 0 fully saturated rings. The van der Waals surface area contributed by atoms with Crippen LogP contribution in [-0.4, -0.2) is 29.1 Å². The Morgan fingerprint density at radius 3 is 2.73 bits per heavy atom. The topological polar surface area (TPSA) is 100 Å². The number of alkyl halides is 3. The Morgan fingerprint density at radius 2 is 2.12 bits per heavy atom. The molecule has 142 valence electrons. The van der Waals surface area contributed by atoms with E-state index in [1.807, 2.05) is 0 Å². The second-order valence-electron chi connectivity index (χ2n) is 5.48. The van der Waals surface area contributed by atoms with E-state index < -0.39 is 24.8 Å². The molecule has 0 radical (unpaired) electrons. The highest BCUT2D eigenvalue weighted by atomic mass is 19.4. The number of rotatable bonds is 8. The first kappa shape index (κ1) is 19.5. The van der Waals surface area contributed by atoms with Gasteiger partial charge in [0.25, 0.3) is 0 Å². The summed E-state index contributed by atoms with van der Waals surface area (Å²) in [5.74, 6) is 0.967. The SMILES string of the molecule is Cc1nnc(CC(OC(N)=O)c2cccc(OCCCC(F)(F)F)c2)o1. The molecule has 1 atom stereocenters. The Morgan fingerprint density at radius 1 is 1.35 bits per heavy atom. The summed E-state index contributed by atoms with van der Waals surface area (Å²) in [5.41, 5.74) is 5.64. The molecule has 2 rings (SSSR count). The first-order chi connectivity index (χ1) is 12.2. The van der Waals surface area contributed by atoms with Gasteiger partial charge in [-0.25, -0.2) is 4.79 Å². The van der Waals surface area contributed by atoms with Gasteiger partial charge in [0.05, 0.1) is 13.0 Å². The van der Waals surface area contributed by atoms with Crippen molar-refractivity contribution in [3.05, 3.63) is 41.6 Å². The van der Waals surface area contributed by atoms with Gasteiger partial charge >= 0.3 is 12.3 Å². The van der Waals surface area contributed by atoms with Crippen LogP contribution in [-0.2, 0) is 11.2 Å². The number of primary amides is 1. The maximum Gasteiger partial charge on any atom is 0.405 e. The van der Waals surface area contributed by atoms with Crippen LogP contribution in [0, 0.1) is 6.92 Å². The summed E-state index contributed by atoms with van der Waals surface area (Å²) < 4.78 is 52.1. The van der Waals surface area contributed by atoms with Crippen molar-refractivity contribution in [1.29, 1.82) is 0 Å². The minimum atomic E-state index is -4.21. The molecule has 1 aromatic heterocycles. The van der Waals surface area contributed by atoms with Crippen molar-refractivity contribution in [3.8, 4) is 5.75 Å². The quantitative estimate of drug-likeness (QED) is 0.711. The molecule has 1 unspecified atom stereocenters. The summed E-state index contributed by atoms with van der Waals surface area (Å²) in [6.45, 7) is 1.53. The summed E-state index contributed by atoms with van der Waals surface area (Å²) in [4.78, 5) is 11.2. The molecule has 2 aromatic rings. The van der Waals surface area contributed by atoms with Crippen LogP contribution in [0.1, 0.15) is 36.3 Å². The number of halogens is 3. The van der Waals surface area contributed by atoms with Gasteiger partial charge < -0.3 is 19.6 Å². The van der Waals surface area contributed by atoms with Crippen LogP contribution in [0.4, 0.5) is 18.0 Å². The fraction of sp³-hybridized carbons (Fsp3) is 0.438. The molecule has 0 bridgehead atoms. The highest BCUT2D eigenvalue weighted by Crippen LogP contribution is 2.26. The smallest absolute Gasteiger partial charge is 0.405 e. The zero-order valence-corrected chi connectivity index (χ0v) is 14.0. The van der Waals surface area contributed by atoms with E-state index in [1.54, 1.807) is 31.2 Å². The Hall–Kier alpha value is -2.78. The number of nitrogens with zero attached hydrogens (tertiary/aromatic N) is 2. The van der Waals surface area contributed by atoms with E-state index in [0.717, 1.165) is 0 Å². The molecule has 0 saturated heterocycles. The van der Waals surface area contributed by atoms with Crippen molar-refractivity contribution in [2.24, 2.45) is 5.73 Å². The molecule has 10 heteroatoms. The molecule has 2 N–H and O–H groups in total. The lowest BCUT2D eigenvalue weighted by atomic mass is 10.1. The number of benzene rings is 1. The summed E-state index contributed by atoms with van der Waals surface area (Å²) in [6.07, 6.45) is -6.98. The van der Waals surface area contributed by atoms with Gasteiger partial charge in [0.2, 0.25) is 11.8 Å². The average molecular weight is 373 g/mol. The summed E-state index contributed by atoms with van der Waals surface area (Å²) in [5, 5.41) is 7.53. The van der Waals surface area contributed by atoms with E-state index in [0.29, 0.717) is 17.2 Å². The van der Waals surface area contributed by atoms with Crippen LogP contribution < -0.4 is 10.5 Å². The number of carbonyl (C=O) groups excluding carboxylic acids is 1. The third-order valence-corrected chi connectivity index (χ3v) is 3.29. The number of carbonyl (C=O) groups is 1. The lowest BCUT2D eigenvalue weighted by Crippen LogP contribution is -2.19. The lowest BCUT2D eigenvalue weighted by Gasteiger charge is -2.16. The molecule has 0 saturated carbocycles. The van der Waals surface area contributed by atoms with Crippen LogP contribution >= 0.6 is 0 Å². The van der Waals surface area contributed by atoms with Crippen LogP contribution in [0.5, 0.6) is 5.75 Å². The van der Waals surface area contributed by atoms with E-state index in [1.165, 1.54) is 0 Å². The Kier molecular flexibility index (Phi) is 6.42. The predicted octanol–water partition coefficient (Wildman–Crippen LogP) is 3.48. The first-order valence-corrected chi connectivity index (χ1v) is 7.77. The zero-order valence-electron chi connectivity index (χ0n) is 14.0. The van der Waals surface area contributed by atoms with Gasteiger partial charge in [-0.2, -0.15) is 13.2 Å². The molecule has 0 aliphatic carbocycles. The Labute approximate surface area is 147 Å². The molecule has 1 heterocycles. The first-order valence-electron chi connectivity index (χ1n) is 7.77. The largest absolute Gasteiger partial charge is 0.494 e. The van der Waals surface area contributed by atoms with Gasteiger partial charge in [0.1, 0.15) is 11.9 Å². The van der Waals surface area contributed by atoms with Crippen molar-refractivity contribution in [2.45, 2.75) is 38.5 Å². The van der Waals surface area contributed by atoms with Gasteiger partial charge in [0, 0.05) is 13.3 Å². The van der Waals surface area contributed by atoms with Crippen LogP contribution in [0.2, 0.25) is 0 Å². The third-order valence-electron chi connectivity index (χ3n) is 3.29. The molecule has 7 nitrogen and oxygen atoms in total. The van der Waals surface area contributed by atoms with Crippen molar-refractivity contribution < 1.29 is 31.9 Å². The molecule has 0 aliphatic rings. The van der Waals surface area contributed by atoms with Gasteiger partial charge in [0.15, 0.2) is 0 Å². The van der Waals surface area contributed by atoms with E-state index in [-0.39, 0.29) is 25.3 Å². The number of ether oxygens (including phenoxy) is 2. The second kappa shape index (κ2) is 8.54. The summed E-state index contributed by atoms with van der Waals surface area (Å²) >= 11 is 0. The minimum absolute atomic E-state index is 0.0901. The number of amides is 1. The number of aromatic nitrogens is 2. The standard InChI is InChI=1S/C16H18F3N3O4/c1-10-21-22-14(25-10)9-13(26-15(20)23)11-4-2-5-12(8-11)24-7-3-6-16(17,18)19/h2,4-5,8,13H,3,6-7,9H2,1H3,(H2,20,23). The van der Waals surface area contributed by atoms with Crippen LogP contribution in [0.3, 0.4) is 0 Å².